The molecule has 1 aromatic carbocycles. The third-order valence-corrected chi connectivity index (χ3v) is 4.77. The van der Waals surface area contributed by atoms with Gasteiger partial charge in [-0.15, -0.1) is 0 Å². The number of nitrogens with two attached hydrogens (primary N) is 1. The Bertz CT molecular complexity index is 737. The van der Waals surface area contributed by atoms with E-state index in [-0.39, 0.29) is 5.41 Å². The van der Waals surface area contributed by atoms with Crippen LogP contribution in [-0.2, 0) is 12.0 Å². The third kappa shape index (κ3) is 3.55. The van der Waals surface area contributed by atoms with Gasteiger partial charge in [-0.1, -0.05) is 40.0 Å². The van der Waals surface area contributed by atoms with Gasteiger partial charge >= 0.3 is 6.09 Å². The molecule has 0 aliphatic heterocycles. The van der Waals surface area contributed by atoms with Gasteiger partial charge in [0, 0.05) is 18.0 Å². The van der Waals surface area contributed by atoms with Gasteiger partial charge in [0.25, 0.3) is 0 Å². The second-order valence-corrected chi connectivity index (χ2v) is 7.87. The molecule has 2 aromatic rings. The number of amides is 1. The van der Waals surface area contributed by atoms with Crippen molar-refractivity contribution in [3.05, 3.63) is 24.0 Å². The van der Waals surface area contributed by atoms with Crippen LogP contribution in [0.1, 0.15) is 58.7 Å². The maximum absolute atomic E-state index is 11.0. The lowest BCUT2D eigenvalue weighted by Gasteiger charge is -2.26. The Kier molecular flexibility index (Phi) is 4.52. The van der Waals surface area contributed by atoms with E-state index in [4.69, 9.17) is 15.5 Å². The lowest BCUT2D eigenvalue weighted by atomic mass is 9.88. The van der Waals surface area contributed by atoms with Crippen molar-refractivity contribution in [1.29, 1.82) is 0 Å². The molecule has 1 aliphatic carbocycles. The molecule has 1 amide bonds. The number of hydrogen-bond acceptors (Lipinski definition) is 3. The van der Waals surface area contributed by atoms with Gasteiger partial charge in [0.15, 0.2) is 0 Å². The summed E-state index contributed by atoms with van der Waals surface area (Å²) in [7, 11) is 0. The van der Waals surface area contributed by atoms with Gasteiger partial charge < -0.3 is 15.0 Å². The van der Waals surface area contributed by atoms with Gasteiger partial charge in [0.2, 0.25) is 0 Å². The lowest BCUT2D eigenvalue weighted by molar-refractivity contribution is 0.211. The molecule has 3 rings (SSSR count). The van der Waals surface area contributed by atoms with Crippen LogP contribution in [0.3, 0.4) is 0 Å². The summed E-state index contributed by atoms with van der Waals surface area (Å²) < 4.78 is 7.36. The number of imidazole rings is 1. The molecule has 2 N–H and O–H groups in total. The molecule has 0 unspecified atom stereocenters. The SMILES string of the molecule is CC(C)(C)c1nc2cc(OC(N)=O)ccc2n1CC1CCCCC1. The minimum absolute atomic E-state index is 0.0433. The number of hydrogen-bond donors (Lipinski definition) is 1. The zero-order chi connectivity index (χ0) is 17.3. The van der Waals surface area contributed by atoms with Gasteiger partial charge in [0.05, 0.1) is 11.0 Å². The molecule has 0 saturated heterocycles. The van der Waals surface area contributed by atoms with Crippen LogP contribution in [0.5, 0.6) is 5.75 Å². The van der Waals surface area contributed by atoms with Crippen LogP contribution in [0.25, 0.3) is 11.0 Å². The quantitative estimate of drug-likeness (QED) is 0.909. The van der Waals surface area contributed by atoms with Crippen molar-refractivity contribution in [2.45, 2.75) is 64.8 Å². The molecule has 1 saturated carbocycles. The van der Waals surface area contributed by atoms with E-state index in [0.29, 0.717) is 5.75 Å². The van der Waals surface area contributed by atoms with E-state index in [9.17, 15) is 4.79 Å². The lowest BCUT2D eigenvalue weighted by Crippen LogP contribution is -2.22. The maximum Gasteiger partial charge on any atom is 0.409 e. The number of aromatic nitrogens is 2. The molecule has 0 radical (unpaired) electrons. The van der Waals surface area contributed by atoms with Crippen molar-refractivity contribution in [3.63, 3.8) is 0 Å². The molecule has 0 bridgehead atoms. The molecule has 1 aromatic heterocycles. The molecule has 5 heteroatoms. The fraction of sp³-hybridized carbons (Fsp3) is 0.579. The predicted molar refractivity (Wildman–Crippen MR) is 95.2 cm³/mol. The van der Waals surface area contributed by atoms with Crippen LogP contribution >= 0.6 is 0 Å². The molecule has 0 spiro atoms. The van der Waals surface area contributed by atoms with Crippen LogP contribution in [0, 0.1) is 5.92 Å². The molecule has 0 atom stereocenters. The Balaban J connectivity index is 2.01. The molecule has 24 heavy (non-hydrogen) atoms. The molecule has 1 fully saturated rings. The van der Waals surface area contributed by atoms with Crippen LogP contribution in [0.15, 0.2) is 18.2 Å². The number of carbonyl (C=O) groups excluding carboxylic acids is 1. The van der Waals surface area contributed by atoms with Crippen molar-refractivity contribution >= 4 is 17.1 Å². The predicted octanol–water partition coefficient (Wildman–Crippen LogP) is 4.37. The van der Waals surface area contributed by atoms with E-state index in [2.05, 4.69) is 25.3 Å². The Morgan fingerprint density at radius 1 is 1.29 bits per heavy atom. The average molecular weight is 329 g/mol. The summed E-state index contributed by atoms with van der Waals surface area (Å²) in [6.45, 7) is 7.57. The maximum atomic E-state index is 11.0. The average Bonchev–Trinajstić information content (AvgIpc) is 2.86. The first kappa shape index (κ1) is 16.8. The van der Waals surface area contributed by atoms with Crippen LogP contribution in [0.2, 0.25) is 0 Å². The Morgan fingerprint density at radius 2 is 2.00 bits per heavy atom. The number of fused-ring (bicyclic) bond motifs is 1. The van der Waals surface area contributed by atoms with Gasteiger partial charge in [-0.3, -0.25) is 0 Å². The number of ether oxygens (including phenoxy) is 1. The van der Waals surface area contributed by atoms with Crippen molar-refractivity contribution in [3.8, 4) is 5.75 Å². The number of primary amides is 1. The zero-order valence-electron chi connectivity index (χ0n) is 14.8. The second kappa shape index (κ2) is 6.46. The number of benzene rings is 1. The molecular weight excluding hydrogens is 302 g/mol. The van der Waals surface area contributed by atoms with E-state index in [1.54, 1.807) is 12.1 Å². The summed E-state index contributed by atoms with van der Waals surface area (Å²) >= 11 is 0. The Hall–Kier alpha value is -2.04. The first-order valence-electron chi connectivity index (χ1n) is 8.82. The van der Waals surface area contributed by atoms with Crippen molar-refractivity contribution < 1.29 is 9.53 Å². The standard InChI is InChI=1S/C19H27N3O2/c1-19(2,3)17-21-15-11-14(24-18(20)23)9-10-16(15)22(17)12-13-7-5-4-6-8-13/h9-11,13H,4-8,12H2,1-3H3,(H2,20,23). The molecule has 130 valence electrons. The van der Waals surface area contributed by atoms with E-state index >= 15 is 0 Å². The van der Waals surface area contributed by atoms with Crippen LogP contribution in [-0.4, -0.2) is 15.6 Å². The summed E-state index contributed by atoms with van der Waals surface area (Å²) in [6, 6.07) is 5.57. The first-order valence-corrected chi connectivity index (χ1v) is 8.82. The van der Waals surface area contributed by atoms with Gasteiger partial charge in [-0.2, -0.15) is 0 Å². The highest BCUT2D eigenvalue weighted by molar-refractivity contribution is 5.79. The van der Waals surface area contributed by atoms with Crippen molar-refractivity contribution in [2.24, 2.45) is 11.7 Å². The minimum atomic E-state index is -0.799. The smallest absolute Gasteiger partial charge is 0.409 e. The minimum Gasteiger partial charge on any atom is -0.410 e. The zero-order valence-corrected chi connectivity index (χ0v) is 14.8. The van der Waals surface area contributed by atoms with E-state index in [1.165, 1.54) is 32.1 Å². The van der Waals surface area contributed by atoms with E-state index in [1.807, 2.05) is 6.07 Å². The van der Waals surface area contributed by atoms with Crippen LogP contribution < -0.4 is 10.5 Å². The third-order valence-electron chi connectivity index (χ3n) is 4.77. The highest BCUT2D eigenvalue weighted by Crippen LogP contribution is 2.32. The molecular formula is C19H27N3O2. The molecule has 1 heterocycles. The fourth-order valence-electron chi connectivity index (χ4n) is 3.67. The normalized spacial score (nSPS) is 16.5. The van der Waals surface area contributed by atoms with Crippen LogP contribution in [0.4, 0.5) is 4.79 Å². The van der Waals surface area contributed by atoms with Gasteiger partial charge in [-0.05, 0) is 30.9 Å². The van der Waals surface area contributed by atoms with Gasteiger partial charge in [-0.25, -0.2) is 9.78 Å². The summed E-state index contributed by atoms with van der Waals surface area (Å²) in [5, 5.41) is 0. The first-order chi connectivity index (χ1) is 11.3. The van der Waals surface area contributed by atoms with E-state index in [0.717, 1.165) is 29.3 Å². The number of rotatable bonds is 3. The van der Waals surface area contributed by atoms with Crippen molar-refractivity contribution in [2.75, 3.05) is 0 Å². The monoisotopic (exact) mass is 329 g/mol. The summed E-state index contributed by atoms with van der Waals surface area (Å²) in [5.74, 6) is 2.25. The van der Waals surface area contributed by atoms with Crippen molar-refractivity contribution in [1.82, 2.24) is 9.55 Å². The summed E-state index contributed by atoms with van der Waals surface area (Å²) in [5.41, 5.74) is 7.02. The summed E-state index contributed by atoms with van der Waals surface area (Å²) in [4.78, 5) is 15.8. The summed E-state index contributed by atoms with van der Waals surface area (Å²) in [6.07, 6.45) is 5.82. The number of nitrogens with zero attached hydrogens (tertiary/aromatic N) is 2. The fourth-order valence-corrected chi connectivity index (χ4v) is 3.67. The second-order valence-electron chi connectivity index (χ2n) is 7.87. The van der Waals surface area contributed by atoms with Gasteiger partial charge in [0.1, 0.15) is 11.6 Å². The largest absolute Gasteiger partial charge is 0.410 e. The highest BCUT2D eigenvalue weighted by atomic mass is 16.5. The Labute approximate surface area is 143 Å². The highest BCUT2D eigenvalue weighted by Gasteiger charge is 2.25. The molecule has 5 nitrogen and oxygen atoms in total. The number of carbonyl (C=O) groups is 1. The topological polar surface area (TPSA) is 70.1 Å². The molecule has 1 aliphatic rings. The Morgan fingerprint density at radius 3 is 2.62 bits per heavy atom. The van der Waals surface area contributed by atoms with E-state index < -0.39 is 6.09 Å².